The second-order valence-corrected chi connectivity index (χ2v) is 5.28. The molecule has 2 amide bonds. The minimum absolute atomic E-state index is 0.0244. The van der Waals surface area contributed by atoms with Gasteiger partial charge in [0.25, 0.3) is 0 Å². The number of piperazine rings is 1. The maximum atomic E-state index is 11.8. The Morgan fingerprint density at radius 1 is 1.12 bits per heavy atom. The number of hydrogen-bond acceptors (Lipinski definition) is 3. The number of hydrogen-bond donors (Lipinski definition) is 0. The first kappa shape index (κ1) is 13.7. The van der Waals surface area contributed by atoms with Crippen LogP contribution in [0.1, 0.15) is 27.7 Å². The summed E-state index contributed by atoms with van der Waals surface area (Å²) >= 11 is 0. The molecule has 0 aromatic heterocycles. The maximum absolute atomic E-state index is 11.8. The lowest BCUT2D eigenvalue weighted by molar-refractivity contribution is -0.157. The van der Waals surface area contributed by atoms with Gasteiger partial charge in [0.1, 0.15) is 0 Å². The molecule has 0 unspecified atom stereocenters. The van der Waals surface area contributed by atoms with Crippen molar-refractivity contribution >= 4 is 17.6 Å². The van der Waals surface area contributed by atoms with E-state index >= 15 is 0 Å². The highest BCUT2D eigenvalue weighted by atomic mass is 16.2. The van der Waals surface area contributed by atoms with Gasteiger partial charge in [0.15, 0.2) is 5.78 Å². The number of rotatable bonds is 3. The molecule has 0 aromatic carbocycles. The van der Waals surface area contributed by atoms with Crippen LogP contribution in [0.15, 0.2) is 0 Å². The topological polar surface area (TPSA) is 57.7 Å². The van der Waals surface area contributed by atoms with Gasteiger partial charge in [-0.15, -0.1) is 0 Å². The summed E-state index contributed by atoms with van der Waals surface area (Å²) in [6.45, 7) is 8.79. The van der Waals surface area contributed by atoms with Crippen LogP contribution in [-0.4, -0.2) is 53.6 Å². The van der Waals surface area contributed by atoms with E-state index < -0.39 is 17.2 Å². The standard InChI is InChI=1S/C12H20N2O3/c1-5-13-6-7-14(11(17)10(13)16)8-9(15)12(2,3)4/h5-8H2,1-4H3. The Bertz CT molecular complexity index is 344. The van der Waals surface area contributed by atoms with Crippen LogP contribution >= 0.6 is 0 Å². The Morgan fingerprint density at radius 2 is 1.59 bits per heavy atom. The molecule has 1 saturated heterocycles. The molecule has 0 N–H and O–H groups in total. The molecule has 0 aliphatic carbocycles. The van der Waals surface area contributed by atoms with Crippen LogP contribution < -0.4 is 0 Å². The molecular formula is C12H20N2O3. The van der Waals surface area contributed by atoms with Gasteiger partial charge >= 0.3 is 11.8 Å². The molecule has 0 saturated carbocycles. The van der Waals surface area contributed by atoms with Gasteiger partial charge < -0.3 is 9.80 Å². The van der Waals surface area contributed by atoms with Crippen LogP contribution in [0.5, 0.6) is 0 Å². The van der Waals surface area contributed by atoms with Crippen LogP contribution in [0.4, 0.5) is 0 Å². The Kier molecular flexibility index (Phi) is 3.91. The smallest absolute Gasteiger partial charge is 0.312 e. The molecule has 1 rings (SSSR count). The Labute approximate surface area is 102 Å². The Hall–Kier alpha value is -1.39. The largest absolute Gasteiger partial charge is 0.333 e. The number of carbonyl (C=O) groups is 3. The van der Waals surface area contributed by atoms with Gasteiger partial charge in [-0.3, -0.25) is 14.4 Å². The lowest BCUT2D eigenvalue weighted by Gasteiger charge is -2.33. The van der Waals surface area contributed by atoms with Gasteiger partial charge in [-0.2, -0.15) is 0 Å². The van der Waals surface area contributed by atoms with Crippen molar-refractivity contribution in [3.63, 3.8) is 0 Å². The van der Waals surface area contributed by atoms with Crippen LogP contribution in [-0.2, 0) is 14.4 Å². The maximum Gasteiger partial charge on any atom is 0.312 e. The van der Waals surface area contributed by atoms with E-state index in [-0.39, 0.29) is 12.3 Å². The number of ketones is 1. The molecule has 0 spiro atoms. The highest BCUT2D eigenvalue weighted by Crippen LogP contribution is 2.16. The molecule has 5 nitrogen and oxygen atoms in total. The number of Topliss-reactive ketones (excluding diaryl/α,β-unsaturated/α-hetero) is 1. The fourth-order valence-corrected chi connectivity index (χ4v) is 1.58. The zero-order valence-corrected chi connectivity index (χ0v) is 10.9. The van der Waals surface area contributed by atoms with E-state index in [2.05, 4.69) is 0 Å². The van der Waals surface area contributed by atoms with Crippen molar-refractivity contribution in [3.05, 3.63) is 0 Å². The molecule has 0 radical (unpaired) electrons. The Morgan fingerprint density at radius 3 is 2.06 bits per heavy atom. The van der Waals surface area contributed by atoms with Crippen molar-refractivity contribution < 1.29 is 14.4 Å². The first-order chi connectivity index (χ1) is 7.77. The van der Waals surface area contributed by atoms with Crippen LogP contribution in [0.25, 0.3) is 0 Å². The third-order valence-electron chi connectivity index (χ3n) is 2.95. The molecule has 1 fully saturated rings. The summed E-state index contributed by atoms with van der Waals surface area (Å²) in [6.07, 6.45) is 0. The monoisotopic (exact) mass is 240 g/mol. The van der Waals surface area contributed by atoms with E-state index in [4.69, 9.17) is 0 Å². The second kappa shape index (κ2) is 4.85. The number of carbonyl (C=O) groups excluding carboxylic acids is 3. The van der Waals surface area contributed by atoms with E-state index in [1.54, 1.807) is 0 Å². The summed E-state index contributed by atoms with van der Waals surface area (Å²) in [7, 11) is 0. The van der Waals surface area contributed by atoms with Crippen molar-refractivity contribution in [1.82, 2.24) is 9.80 Å². The van der Waals surface area contributed by atoms with Crippen molar-refractivity contribution in [2.45, 2.75) is 27.7 Å². The zero-order chi connectivity index (χ0) is 13.2. The van der Waals surface area contributed by atoms with Gasteiger partial charge in [-0.1, -0.05) is 20.8 Å². The fraction of sp³-hybridized carbons (Fsp3) is 0.750. The predicted molar refractivity (Wildman–Crippen MR) is 63.3 cm³/mol. The SMILES string of the molecule is CCN1CCN(CC(=O)C(C)(C)C)C(=O)C1=O. The third kappa shape index (κ3) is 3.05. The molecule has 1 aliphatic heterocycles. The van der Waals surface area contributed by atoms with Gasteiger partial charge in [-0.25, -0.2) is 0 Å². The van der Waals surface area contributed by atoms with Crippen LogP contribution in [0.2, 0.25) is 0 Å². The van der Waals surface area contributed by atoms with Gasteiger partial charge in [0, 0.05) is 25.0 Å². The van der Waals surface area contributed by atoms with Gasteiger partial charge in [-0.05, 0) is 6.92 Å². The Balaban J connectivity index is 2.67. The predicted octanol–water partition coefficient (Wildman–Crippen LogP) is 0.292. The van der Waals surface area contributed by atoms with Crippen molar-refractivity contribution in [2.75, 3.05) is 26.2 Å². The highest BCUT2D eigenvalue weighted by Gasteiger charge is 2.34. The minimum Gasteiger partial charge on any atom is -0.333 e. The lowest BCUT2D eigenvalue weighted by Crippen LogP contribution is -2.55. The third-order valence-corrected chi connectivity index (χ3v) is 2.95. The number of likely N-dealkylation sites (N-methyl/N-ethyl adjacent to an activating group) is 1. The molecule has 17 heavy (non-hydrogen) atoms. The van der Waals surface area contributed by atoms with E-state index in [1.165, 1.54) is 9.80 Å². The second-order valence-electron chi connectivity index (χ2n) is 5.28. The van der Waals surface area contributed by atoms with E-state index in [0.29, 0.717) is 19.6 Å². The molecule has 0 bridgehead atoms. The van der Waals surface area contributed by atoms with Crippen molar-refractivity contribution in [3.8, 4) is 0 Å². The van der Waals surface area contributed by atoms with Crippen molar-refractivity contribution in [1.29, 1.82) is 0 Å². The number of amides is 2. The summed E-state index contributed by atoms with van der Waals surface area (Å²) in [5.74, 6) is -1.08. The zero-order valence-electron chi connectivity index (χ0n) is 10.9. The highest BCUT2D eigenvalue weighted by molar-refractivity contribution is 6.35. The van der Waals surface area contributed by atoms with E-state index in [1.807, 2.05) is 27.7 Å². The molecule has 1 aliphatic rings. The summed E-state index contributed by atoms with van der Waals surface area (Å²) < 4.78 is 0. The molecule has 0 aromatic rings. The molecule has 5 heteroatoms. The van der Waals surface area contributed by atoms with Crippen LogP contribution in [0.3, 0.4) is 0 Å². The average Bonchev–Trinajstić information content (AvgIpc) is 2.23. The average molecular weight is 240 g/mol. The fourth-order valence-electron chi connectivity index (χ4n) is 1.58. The molecule has 1 heterocycles. The summed E-state index contributed by atoms with van der Waals surface area (Å²) in [5, 5.41) is 0. The molecule has 96 valence electrons. The minimum atomic E-state index is -0.560. The summed E-state index contributed by atoms with van der Waals surface area (Å²) in [5.41, 5.74) is -0.481. The first-order valence-corrected chi connectivity index (χ1v) is 5.89. The summed E-state index contributed by atoms with van der Waals surface area (Å²) in [6, 6.07) is 0. The molecule has 0 atom stereocenters. The van der Waals surface area contributed by atoms with Gasteiger partial charge in [0.2, 0.25) is 0 Å². The quantitative estimate of drug-likeness (QED) is 0.666. The van der Waals surface area contributed by atoms with Crippen molar-refractivity contribution in [2.24, 2.45) is 5.41 Å². The van der Waals surface area contributed by atoms with Crippen LogP contribution in [0, 0.1) is 5.41 Å². The lowest BCUT2D eigenvalue weighted by atomic mass is 9.90. The first-order valence-electron chi connectivity index (χ1n) is 5.89. The molecular weight excluding hydrogens is 220 g/mol. The summed E-state index contributed by atoms with van der Waals surface area (Å²) in [4.78, 5) is 38.0. The normalized spacial score (nSPS) is 17.6. The van der Waals surface area contributed by atoms with E-state index in [0.717, 1.165) is 0 Å². The van der Waals surface area contributed by atoms with Gasteiger partial charge in [0.05, 0.1) is 6.54 Å². The van der Waals surface area contributed by atoms with E-state index in [9.17, 15) is 14.4 Å². The number of nitrogens with zero attached hydrogens (tertiary/aromatic N) is 2.